The molecule has 0 saturated carbocycles. The molecule has 0 aliphatic rings. The minimum Gasteiger partial charge on any atom is -0.392 e. The summed E-state index contributed by atoms with van der Waals surface area (Å²) in [6.45, 7) is -0.399. The van der Waals surface area contributed by atoms with E-state index in [1.54, 1.807) is 0 Å². The molecule has 0 unspecified atom stereocenters. The van der Waals surface area contributed by atoms with Gasteiger partial charge in [0.1, 0.15) is 17.2 Å². The minimum absolute atomic E-state index is 0.0479. The molecule has 3 N–H and O–H groups in total. The average molecular weight is 355 g/mol. The highest BCUT2D eigenvalue weighted by atomic mass is 19.1. The second-order valence-corrected chi connectivity index (χ2v) is 5.61. The number of hydrogen-bond acceptors (Lipinski definition) is 5. The Morgan fingerprint density at radius 1 is 1.31 bits per heavy atom. The van der Waals surface area contributed by atoms with Crippen molar-refractivity contribution < 1.29 is 13.9 Å². The highest BCUT2D eigenvalue weighted by Crippen LogP contribution is 2.31. The van der Waals surface area contributed by atoms with Gasteiger partial charge in [-0.3, -0.25) is 0 Å². The number of rotatable bonds is 5. The molecule has 0 fully saturated rings. The standard InChI is InChI=1S/C18H15F2N5O/c19-13(3-4-21)9-25-17-7-12(8-22)6-15(18(17)23-24-25)14-5-11(10-26)1-2-16(14)20/h1-3,5-7,26H,4,9-10,21H2/b13-3-. The molecule has 0 amide bonds. The summed E-state index contributed by atoms with van der Waals surface area (Å²) in [7, 11) is 0. The molecule has 0 atom stereocenters. The molecule has 0 bridgehead atoms. The first kappa shape index (κ1) is 17.7. The smallest absolute Gasteiger partial charge is 0.131 e. The number of nitriles is 1. The highest BCUT2D eigenvalue weighted by molar-refractivity contribution is 5.93. The Kier molecular flexibility index (Phi) is 5.02. The van der Waals surface area contributed by atoms with Crippen LogP contribution in [0, 0.1) is 17.1 Å². The Bertz CT molecular complexity index is 1040. The number of aliphatic hydroxyl groups excluding tert-OH is 1. The lowest BCUT2D eigenvalue weighted by atomic mass is 9.99. The van der Waals surface area contributed by atoms with Gasteiger partial charge >= 0.3 is 0 Å². The van der Waals surface area contributed by atoms with Gasteiger partial charge in [0.2, 0.25) is 0 Å². The molecule has 0 aliphatic carbocycles. The van der Waals surface area contributed by atoms with Gasteiger partial charge in [-0.1, -0.05) is 11.3 Å². The van der Waals surface area contributed by atoms with Crippen molar-refractivity contribution in [3.8, 4) is 17.2 Å². The SMILES string of the molecule is N#Cc1cc(-c2cc(CO)ccc2F)c2nnn(C/C(F)=C/CN)c2c1. The van der Waals surface area contributed by atoms with E-state index in [2.05, 4.69) is 10.3 Å². The maximum absolute atomic E-state index is 14.4. The van der Waals surface area contributed by atoms with Crippen LogP contribution < -0.4 is 5.73 Å². The summed E-state index contributed by atoms with van der Waals surface area (Å²) >= 11 is 0. The largest absolute Gasteiger partial charge is 0.392 e. The molecule has 0 spiro atoms. The topological polar surface area (TPSA) is 101 Å². The Hall–Kier alpha value is -3.15. The number of benzene rings is 2. The summed E-state index contributed by atoms with van der Waals surface area (Å²) in [4.78, 5) is 0. The van der Waals surface area contributed by atoms with Crippen LogP contribution in [0.3, 0.4) is 0 Å². The first-order chi connectivity index (χ1) is 12.6. The fourth-order valence-electron chi connectivity index (χ4n) is 2.67. The lowest BCUT2D eigenvalue weighted by Gasteiger charge is -2.08. The summed E-state index contributed by atoms with van der Waals surface area (Å²) < 4.78 is 29.5. The van der Waals surface area contributed by atoms with Gasteiger partial charge in [0, 0.05) is 17.7 Å². The zero-order chi connectivity index (χ0) is 18.7. The molecule has 0 radical (unpaired) electrons. The van der Waals surface area contributed by atoms with E-state index in [1.807, 2.05) is 6.07 Å². The number of aromatic nitrogens is 3. The van der Waals surface area contributed by atoms with Crippen LogP contribution in [0.5, 0.6) is 0 Å². The second-order valence-electron chi connectivity index (χ2n) is 5.61. The molecule has 0 saturated heterocycles. The summed E-state index contributed by atoms with van der Waals surface area (Å²) in [6.07, 6.45) is 1.22. The van der Waals surface area contributed by atoms with E-state index in [-0.39, 0.29) is 30.8 Å². The van der Waals surface area contributed by atoms with E-state index in [0.29, 0.717) is 22.2 Å². The predicted octanol–water partition coefficient (Wildman–Crippen LogP) is 2.41. The average Bonchev–Trinajstić information content (AvgIpc) is 3.04. The summed E-state index contributed by atoms with van der Waals surface area (Å²) in [6, 6.07) is 9.20. The zero-order valence-electron chi connectivity index (χ0n) is 13.7. The Balaban J connectivity index is 2.22. The van der Waals surface area contributed by atoms with Crippen molar-refractivity contribution in [3.05, 3.63) is 59.2 Å². The molecule has 26 heavy (non-hydrogen) atoms. The van der Waals surface area contributed by atoms with Gasteiger partial charge < -0.3 is 10.8 Å². The van der Waals surface area contributed by atoms with Crippen LogP contribution in [0.1, 0.15) is 11.1 Å². The molecule has 8 heteroatoms. The second kappa shape index (κ2) is 7.39. The number of halogens is 2. The Morgan fingerprint density at radius 3 is 2.81 bits per heavy atom. The number of aliphatic hydroxyl groups is 1. The van der Waals surface area contributed by atoms with Crippen LogP contribution >= 0.6 is 0 Å². The molecular formula is C18H15F2N5O. The maximum atomic E-state index is 14.4. The fourth-order valence-corrected chi connectivity index (χ4v) is 2.67. The van der Waals surface area contributed by atoms with Crippen molar-refractivity contribution in [2.75, 3.05) is 6.54 Å². The Morgan fingerprint density at radius 2 is 2.12 bits per heavy atom. The number of nitrogens with two attached hydrogens (primary N) is 1. The summed E-state index contributed by atoms with van der Waals surface area (Å²) in [5.41, 5.74) is 7.33. The van der Waals surface area contributed by atoms with E-state index in [0.717, 1.165) is 0 Å². The lowest BCUT2D eigenvalue weighted by Crippen LogP contribution is -2.03. The quantitative estimate of drug-likeness (QED) is 0.732. The third kappa shape index (κ3) is 3.31. The number of hydrogen-bond donors (Lipinski definition) is 2. The molecule has 1 heterocycles. The van der Waals surface area contributed by atoms with Crippen LogP contribution in [0.25, 0.3) is 22.2 Å². The van der Waals surface area contributed by atoms with Crippen molar-refractivity contribution in [2.45, 2.75) is 13.2 Å². The zero-order valence-corrected chi connectivity index (χ0v) is 13.7. The third-order valence-electron chi connectivity index (χ3n) is 3.89. The molecule has 132 valence electrons. The van der Waals surface area contributed by atoms with Gasteiger partial charge in [0.15, 0.2) is 0 Å². The van der Waals surface area contributed by atoms with E-state index in [4.69, 9.17) is 5.73 Å². The van der Waals surface area contributed by atoms with Gasteiger partial charge in [0.05, 0.1) is 30.3 Å². The first-order valence-corrected chi connectivity index (χ1v) is 7.79. The summed E-state index contributed by atoms with van der Waals surface area (Å²) in [5, 5.41) is 26.5. The molecule has 0 aliphatic heterocycles. The third-order valence-corrected chi connectivity index (χ3v) is 3.89. The predicted molar refractivity (Wildman–Crippen MR) is 91.8 cm³/mol. The monoisotopic (exact) mass is 355 g/mol. The van der Waals surface area contributed by atoms with E-state index in [9.17, 15) is 19.1 Å². The minimum atomic E-state index is -0.526. The molecular weight excluding hydrogens is 340 g/mol. The van der Waals surface area contributed by atoms with Crippen LogP contribution in [-0.2, 0) is 13.2 Å². The van der Waals surface area contributed by atoms with Crippen molar-refractivity contribution in [2.24, 2.45) is 5.73 Å². The molecule has 3 aromatic rings. The van der Waals surface area contributed by atoms with Crippen molar-refractivity contribution >= 4 is 11.0 Å². The molecule has 3 rings (SSSR count). The van der Waals surface area contributed by atoms with Gasteiger partial charge in [-0.25, -0.2) is 13.5 Å². The number of allylic oxidation sites excluding steroid dienone is 1. The lowest BCUT2D eigenvalue weighted by molar-refractivity contribution is 0.282. The first-order valence-electron chi connectivity index (χ1n) is 7.79. The van der Waals surface area contributed by atoms with Gasteiger partial charge in [-0.2, -0.15) is 5.26 Å². The molecule has 1 aromatic heterocycles. The van der Waals surface area contributed by atoms with Gasteiger partial charge in [0.25, 0.3) is 0 Å². The van der Waals surface area contributed by atoms with Gasteiger partial charge in [-0.05, 0) is 35.9 Å². The van der Waals surface area contributed by atoms with E-state index >= 15 is 0 Å². The Labute approximate surface area is 147 Å². The van der Waals surface area contributed by atoms with Crippen molar-refractivity contribution in [1.29, 1.82) is 5.26 Å². The van der Waals surface area contributed by atoms with Crippen LogP contribution in [0.4, 0.5) is 8.78 Å². The highest BCUT2D eigenvalue weighted by Gasteiger charge is 2.17. The van der Waals surface area contributed by atoms with Crippen LogP contribution in [0.2, 0.25) is 0 Å². The van der Waals surface area contributed by atoms with Gasteiger partial charge in [-0.15, -0.1) is 5.10 Å². The van der Waals surface area contributed by atoms with Crippen molar-refractivity contribution in [3.63, 3.8) is 0 Å². The number of nitrogens with zero attached hydrogens (tertiary/aromatic N) is 4. The van der Waals surface area contributed by atoms with E-state index < -0.39 is 11.6 Å². The molecule has 6 nitrogen and oxygen atoms in total. The van der Waals surface area contributed by atoms with Crippen LogP contribution in [-0.4, -0.2) is 26.6 Å². The fraction of sp³-hybridized carbons (Fsp3) is 0.167. The number of fused-ring (bicyclic) bond motifs is 1. The van der Waals surface area contributed by atoms with Crippen molar-refractivity contribution in [1.82, 2.24) is 15.0 Å². The van der Waals surface area contributed by atoms with E-state index in [1.165, 1.54) is 41.1 Å². The van der Waals surface area contributed by atoms with Crippen LogP contribution in [0.15, 0.2) is 42.2 Å². The molecule has 2 aromatic carbocycles. The maximum Gasteiger partial charge on any atom is 0.131 e. The normalized spacial score (nSPS) is 11.7. The summed E-state index contributed by atoms with van der Waals surface area (Å²) in [5.74, 6) is -1.01.